The lowest BCUT2D eigenvalue weighted by atomic mass is 10.1. The second kappa shape index (κ2) is 7.97. The van der Waals surface area contributed by atoms with E-state index in [1.165, 1.54) is 36.1 Å². The number of fused-ring (bicyclic) bond motifs is 1. The van der Waals surface area contributed by atoms with Crippen molar-refractivity contribution in [1.82, 2.24) is 19.9 Å². The van der Waals surface area contributed by atoms with Gasteiger partial charge in [-0.05, 0) is 42.3 Å². The molecule has 0 amide bonds. The van der Waals surface area contributed by atoms with Crippen LogP contribution in [0.15, 0.2) is 42.0 Å². The smallest absolute Gasteiger partial charge is 0.169 e. The molecular weight excluding hydrogens is 366 g/mol. The van der Waals surface area contributed by atoms with Crippen LogP contribution >= 0.6 is 11.3 Å². The number of rotatable bonds is 4. The lowest BCUT2D eigenvalue weighted by Crippen LogP contribution is -2.31. The zero-order chi connectivity index (χ0) is 18.8. The van der Waals surface area contributed by atoms with Crippen molar-refractivity contribution in [2.45, 2.75) is 38.8 Å². The first-order valence-electron chi connectivity index (χ1n) is 10.2. The third-order valence-corrected chi connectivity index (χ3v) is 6.52. The first-order valence-corrected chi connectivity index (χ1v) is 11.0. The minimum atomic E-state index is 0.861. The summed E-state index contributed by atoms with van der Waals surface area (Å²) in [7, 11) is 0. The number of piperidine rings is 1. The molecular formula is C22H25N5S. The minimum Gasteiger partial charge on any atom is -0.357 e. The largest absolute Gasteiger partial charge is 0.357 e. The summed E-state index contributed by atoms with van der Waals surface area (Å²) >= 11 is 1.69. The van der Waals surface area contributed by atoms with Crippen LogP contribution < -0.4 is 4.90 Å². The van der Waals surface area contributed by atoms with Gasteiger partial charge in [0.05, 0.1) is 10.6 Å². The Morgan fingerprint density at radius 3 is 2.68 bits per heavy atom. The van der Waals surface area contributed by atoms with E-state index >= 15 is 0 Å². The normalized spacial score (nSPS) is 17.5. The fourth-order valence-electron chi connectivity index (χ4n) is 4.11. The van der Waals surface area contributed by atoms with Crippen LogP contribution in [-0.4, -0.2) is 39.5 Å². The number of hydrogen-bond acceptors (Lipinski definition) is 6. The molecule has 0 radical (unpaired) electrons. The molecule has 0 atom stereocenters. The van der Waals surface area contributed by atoms with E-state index in [0.29, 0.717) is 0 Å². The van der Waals surface area contributed by atoms with Crippen molar-refractivity contribution in [1.29, 1.82) is 0 Å². The van der Waals surface area contributed by atoms with Gasteiger partial charge in [0.15, 0.2) is 5.82 Å². The van der Waals surface area contributed by atoms with Crippen LogP contribution in [-0.2, 0) is 19.5 Å². The van der Waals surface area contributed by atoms with Crippen molar-refractivity contribution < 1.29 is 0 Å². The van der Waals surface area contributed by atoms with Gasteiger partial charge >= 0.3 is 0 Å². The summed E-state index contributed by atoms with van der Waals surface area (Å²) < 4.78 is 0. The number of nitrogens with zero attached hydrogens (tertiary/aromatic N) is 5. The third kappa shape index (κ3) is 3.80. The summed E-state index contributed by atoms with van der Waals surface area (Å²) in [6.07, 6.45) is 8.97. The predicted molar refractivity (Wildman–Crippen MR) is 113 cm³/mol. The molecule has 1 fully saturated rings. The van der Waals surface area contributed by atoms with Crippen LogP contribution in [0.2, 0.25) is 0 Å². The number of thiophene rings is 1. The first-order chi connectivity index (χ1) is 13.8. The third-order valence-electron chi connectivity index (χ3n) is 5.65. The highest BCUT2D eigenvalue weighted by atomic mass is 32.1. The average molecular weight is 392 g/mol. The molecule has 0 aliphatic carbocycles. The maximum atomic E-state index is 4.82. The van der Waals surface area contributed by atoms with Crippen LogP contribution in [0.5, 0.6) is 0 Å². The number of hydrogen-bond donors (Lipinski definition) is 0. The highest BCUT2D eigenvalue weighted by Crippen LogP contribution is 2.25. The van der Waals surface area contributed by atoms with Crippen molar-refractivity contribution in [3.63, 3.8) is 0 Å². The van der Waals surface area contributed by atoms with E-state index in [9.17, 15) is 0 Å². The fourth-order valence-corrected chi connectivity index (χ4v) is 4.78. The van der Waals surface area contributed by atoms with Crippen LogP contribution in [0.4, 0.5) is 5.82 Å². The van der Waals surface area contributed by atoms with Crippen LogP contribution in [0, 0.1) is 0 Å². The molecule has 2 aliphatic heterocycles. The Bertz CT molecular complexity index is 917. The molecule has 6 heteroatoms. The maximum Gasteiger partial charge on any atom is 0.169 e. The van der Waals surface area contributed by atoms with E-state index in [0.717, 1.165) is 55.7 Å². The molecule has 0 aromatic carbocycles. The summed E-state index contributed by atoms with van der Waals surface area (Å²) in [5.74, 6) is 1.99. The number of pyridine rings is 1. The van der Waals surface area contributed by atoms with Gasteiger partial charge in [-0.15, -0.1) is 11.3 Å². The molecule has 28 heavy (non-hydrogen) atoms. The molecule has 0 spiro atoms. The molecule has 5 nitrogen and oxygen atoms in total. The average Bonchev–Trinajstić information content (AvgIpc) is 3.30. The van der Waals surface area contributed by atoms with E-state index in [1.807, 2.05) is 6.20 Å². The molecule has 5 rings (SSSR count). The summed E-state index contributed by atoms with van der Waals surface area (Å²) in [4.78, 5) is 20.2. The van der Waals surface area contributed by atoms with Gasteiger partial charge in [0.1, 0.15) is 5.82 Å². The zero-order valence-electron chi connectivity index (χ0n) is 16.0. The van der Waals surface area contributed by atoms with Gasteiger partial charge in [-0.2, -0.15) is 0 Å². The molecule has 1 saturated heterocycles. The van der Waals surface area contributed by atoms with Gasteiger partial charge < -0.3 is 4.90 Å². The van der Waals surface area contributed by atoms with Crippen molar-refractivity contribution in [3.05, 3.63) is 58.9 Å². The van der Waals surface area contributed by atoms with E-state index in [1.54, 1.807) is 11.3 Å². The van der Waals surface area contributed by atoms with Crippen molar-refractivity contribution in [3.8, 4) is 10.7 Å². The Labute approximate surface area is 170 Å². The van der Waals surface area contributed by atoms with Crippen LogP contribution in [0.25, 0.3) is 10.7 Å². The summed E-state index contributed by atoms with van der Waals surface area (Å²) in [5, 5.41) is 2.07. The topological polar surface area (TPSA) is 45.2 Å². The Morgan fingerprint density at radius 2 is 1.89 bits per heavy atom. The second-order valence-electron chi connectivity index (χ2n) is 7.68. The molecule has 2 aliphatic rings. The van der Waals surface area contributed by atoms with Gasteiger partial charge in [0.2, 0.25) is 0 Å². The highest BCUT2D eigenvalue weighted by Gasteiger charge is 2.19. The Hall–Kier alpha value is -2.31. The summed E-state index contributed by atoms with van der Waals surface area (Å²) in [5.41, 5.74) is 3.73. The van der Waals surface area contributed by atoms with Crippen molar-refractivity contribution in [2.24, 2.45) is 0 Å². The summed E-state index contributed by atoms with van der Waals surface area (Å²) in [6, 6.07) is 8.56. The lowest BCUT2D eigenvalue weighted by Gasteiger charge is -2.29. The van der Waals surface area contributed by atoms with Gasteiger partial charge in [0.25, 0.3) is 0 Å². The molecule has 0 saturated carbocycles. The maximum absolute atomic E-state index is 4.82. The van der Waals surface area contributed by atoms with Crippen molar-refractivity contribution >= 4 is 17.2 Å². The fraction of sp³-hybridized carbons (Fsp3) is 0.409. The number of aromatic nitrogens is 3. The lowest BCUT2D eigenvalue weighted by molar-refractivity contribution is 0.242. The molecule has 144 valence electrons. The number of anilines is 1. The van der Waals surface area contributed by atoms with E-state index < -0.39 is 0 Å². The quantitative estimate of drug-likeness (QED) is 0.669. The predicted octanol–water partition coefficient (Wildman–Crippen LogP) is 4.15. The highest BCUT2D eigenvalue weighted by molar-refractivity contribution is 7.13. The van der Waals surface area contributed by atoms with Gasteiger partial charge in [-0.3, -0.25) is 4.90 Å². The SMILES string of the molecule is c1csc(-c2ncc3c(n2)CCN(Cc2ccc(N4CCCCC4)nc2)C3)c1. The van der Waals surface area contributed by atoms with E-state index in [4.69, 9.17) is 9.97 Å². The van der Waals surface area contributed by atoms with Crippen molar-refractivity contribution in [2.75, 3.05) is 24.5 Å². The van der Waals surface area contributed by atoms with Gasteiger partial charge in [-0.1, -0.05) is 12.1 Å². The molecule has 3 aromatic heterocycles. The Balaban J connectivity index is 1.24. The molecule has 0 unspecified atom stereocenters. The molecule has 0 bridgehead atoms. The van der Waals surface area contributed by atoms with Crippen LogP contribution in [0.3, 0.4) is 0 Å². The Kier molecular flexibility index (Phi) is 5.06. The monoisotopic (exact) mass is 391 g/mol. The molecule has 0 N–H and O–H groups in total. The van der Waals surface area contributed by atoms with Gasteiger partial charge in [0, 0.05) is 57.1 Å². The molecule has 3 aromatic rings. The summed E-state index contributed by atoms with van der Waals surface area (Å²) in [6.45, 7) is 5.15. The standard InChI is InChI=1S/C22H25N5S/c1-2-9-27(10-3-1)21-7-6-17(13-23-21)15-26-11-8-19-18(16-26)14-24-22(25-19)20-5-4-12-28-20/h4-7,12-14H,1-3,8-11,15-16H2. The first kappa shape index (κ1) is 17.8. The zero-order valence-corrected chi connectivity index (χ0v) is 16.9. The molecule has 5 heterocycles. The Morgan fingerprint density at radius 1 is 0.964 bits per heavy atom. The van der Waals surface area contributed by atoms with E-state index in [2.05, 4.69) is 50.6 Å². The second-order valence-corrected chi connectivity index (χ2v) is 8.62. The minimum absolute atomic E-state index is 0.861. The van der Waals surface area contributed by atoms with E-state index in [-0.39, 0.29) is 0 Å². The van der Waals surface area contributed by atoms with Crippen LogP contribution in [0.1, 0.15) is 36.1 Å². The van der Waals surface area contributed by atoms with Gasteiger partial charge in [-0.25, -0.2) is 15.0 Å².